The number of rotatable bonds is 6. The topological polar surface area (TPSA) is 65.4 Å². The quantitative estimate of drug-likeness (QED) is 0.657. The van der Waals surface area contributed by atoms with Gasteiger partial charge < -0.3 is 19.4 Å². The Bertz CT molecular complexity index is 1040. The van der Waals surface area contributed by atoms with Crippen molar-refractivity contribution in [2.75, 3.05) is 13.2 Å². The number of amides is 1. The maximum Gasteiger partial charge on any atom is 0.244 e. The minimum absolute atomic E-state index is 0.143. The van der Waals surface area contributed by atoms with Crippen LogP contribution < -0.4 is 14.8 Å². The Labute approximate surface area is 169 Å². The molecule has 6 nitrogen and oxygen atoms in total. The van der Waals surface area contributed by atoms with E-state index in [-0.39, 0.29) is 5.91 Å². The molecule has 0 bridgehead atoms. The summed E-state index contributed by atoms with van der Waals surface area (Å²) in [5, 5.41) is 2.93. The summed E-state index contributed by atoms with van der Waals surface area (Å²) in [6.45, 7) is 4.32. The van der Waals surface area contributed by atoms with Crippen LogP contribution in [-0.4, -0.2) is 28.7 Å². The summed E-state index contributed by atoms with van der Waals surface area (Å²) in [7, 11) is 0. The molecule has 3 aromatic rings. The van der Waals surface area contributed by atoms with Gasteiger partial charge >= 0.3 is 0 Å². The molecule has 148 valence electrons. The van der Waals surface area contributed by atoms with E-state index < -0.39 is 0 Å². The van der Waals surface area contributed by atoms with Crippen molar-refractivity contribution in [3.8, 4) is 11.5 Å². The lowest BCUT2D eigenvalue weighted by Gasteiger charge is -2.18. The maximum atomic E-state index is 12.2. The molecule has 0 saturated heterocycles. The minimum atomic E-state index is -0.143. The Balaban J connectivity index is 1.33. The van der Waals surface area contributed by atoms with Crippen LogP contribution in [0.25, 0.3) is 6.08 Å². The van der Waals surface area contributed by atoms with Crippen LogP contribution in [0.4, 0.5) is 0 Å². The standard InChI is InChI=1S/C23H23N3O3/c1-17-24-9-10-26(17)16-20-4-2-3-19(13-20)15-25-23(27)8-6-18-5-7-21-22(14-18)29-12-11-28-21/h2-10,13-14H,11-12,15-16H2,1H3,(H,25,27)/b8-6+. The third-order valence-electron chi connectivity index (χ3n) is 4.73. The van der Waals surface area contributed by atoms with Crippen LogP contribution in [0.5, 0.6) is 11.5 Å². The van der Waals surface area contributed by atoms with Crippen LogP contribution in [0.3, 0.4) is 0 Å². The third-order valence-corrected chi connectivity index (χ3v) is 4.73. The fourth-order valence-corrected chi connectivity index (χ4v) is 3.19. The Morgan fingerprint density at radius 2 is 1.97 bits per heavy atom. The van der Waals surface area contributed by atoms with E-state index in [1.165, 1.54) is 11.6 Å². The molecule has 29 heavy (non-hydrogen) atoms. The van der Waals surface area contributed by atoms with E-state index >= 15 is 0 Å². The summed E-state index contributed by atoms with van der Waals surface area (Å²) in [4.78, 5) is 16.4. The molecule has 0 unspecified atom stereocenters. The number of carbonyl (C=O) groups is 1. The van der Waals surface area contributed by atoms with Crippen LogP contribution in [0.2, 0.25) is 0 Å². The van der Waals surface area contributed by atoms with Gasteiger partial charge in [0.05, 0.1) is 0 Å². The number of fused-ring (bicyclic) bond motifs is 1. The highest BCUT2D eigenvalue weighted by molar-refractivity contribution is 5.91. The number of carbonyl (C=O) groups excluding carboxylic acids is 1. The number of hydrogen-bond donors (Lipinski definition) is 1. The molecule has 2 aromatic carbocycles. The van der Waals surface area contributed by atoms with E-state index in [1.54, 1.807) is 12.3 Å². The number of benzene rings is 2. The number of nitrogens with one attached hydrogen (secondary N) is 1. The third kappa shape index (κ3) is 4.85. The Hall–Kier alpha value is -3.54. The van der Waals surface area contributed by atoms with Crippen LogP contribution in [0.15, 0.2) is 60.9 Å². The predicted octanol–water partition coefficient (Wildman–Crippen LogP) is 3.34. The van der Waals surface area contributed by atoms with Crippen molar-refractivity contribution in [3.63, 3.8) is 0 Å². The first-order valence-corrected chi connectivity index (χ1v) is 9.58. The van der Waals surface area contributed by atoms with Crippen molar-refractivity contribution in [2.24, 2.45) is 0 Å². The number of aryl methyl sites for hydroxylation is 1. The van der Waals surface area contributed by atoms with Gasteiger partial charge in [-0.05, 0) is 41.8 Å². The predicted molar refractivity (Wildman–Crippen MR) is 111 cm³/mol. The van der Waals surface area contributed by atoms with Crippen LogP contribution in [-0.2, 0) is 17.9 Å². The second-order valence-electron chi connectivity index (χ2n) is 6.88. The van der Waals surface area contributed by atoms with E-state index in [4.69, 9.17) is 9.47 Å². The lowest BCUT2D eigenvalue weighted by Crippen LogP contribution is -2.20. The zero-order valence-electron chi connectivity index (χ0n) is 16.3. The van der Waals surface area contributed by atoms with E-state index in [0.717, 1.165) is 29.2 Å². The molecule has 1 aliphatic heterocycles. The summed E-state index contributed by atoms with van der Waals surface area (Å²) in [6, 6.07) is 13.8. The van der Waals surface area contributed by atoms with Gasteiger partial charge in [-0.1, -0.05) is 30.3 Å². The van der Waals surface area contributed by atoms with Gasteiger partial charge in [-0.15, -0.1) is 0 Å². The van der Waals surface area contributed by atoms with Crippen molar-refractivity contribution in [1.29, 1.82) is 0 Å². The SMILES string of the molecule is Cc1nccn1Cc1cccc(CNC(=O)/C=C/c2ccc3c(c2)OCCO3)c1. The van der Waals surface area contributed by atoms with Crippen molar-refractivity contribution in [3.05, 3.63) is 83.4 Å². The Morgan fingerprint density at radius 3 is 2.79 bits per heavy atom. The summed E-state index contributed by atoms with van der Waals surface area (Å²) >= 11 is 0. The average molecular weight is 389 g/mol. The largest absolute Gasteiger partial charge is 0.486 e. The van der Waals surface area contributed by atoms with E-state index in [0.29, 0.717) is 25.5 Å². The highest BCUT2D eigenvalue weighted by atomic mass is 16.6. The zero-order valence-corrected chi connectivity index (χ0v) is 16.3. The average Bonchev–Trinajstić information content (AvgIpc) is 3.15. The summed E-state index contributed by atoms with van der Waals surface area (Å²) in [6.07, 6.45) is 7.07. The van der Waals surface area contributed by atoms with Gasteiger partial charge in [0.15, 0.2) is 11.5 Å². The molecule has 0 fully saturated rings. The molecule has 2 heterocycles. The molecule has 1 aromatic heterocycles. The van der Waals surface area contributed by atoms with Crippen LogP contribution in [0, 0.1) is 6.92 Å². The van der Waals surface area contributed by atoms with E-state index in [1.807, 2.05) is 43.5 Å². The molecule has 0 radical (unpaired) electrons. The van der Waals surface area contributed by atoms with Gasteiger partial charge in [0.2, 0.25) is 5.91 Å². The number of nitrogens with zero attached hydrogens (tertiary/aromatic N) is 2. The first-order valence-electron chi connectivity index (χ1n) is 9.58. The monoisotopic (exact) mass is 389 g/mol. The van der Waals surface area contributed by atoms with Gasteiger partial charge in [-0.25, -0.2) is 4.98 Å². The Morgan fingerprint density at radius 1 is 1.14 bits per heavy atom. The molecule has 1 N–H and O–H groups in total. The van der Waals surface area contributed by atoms with Crippen molar-refractivity contribution in [2.45, 2.75) is 20.0 Å². The molecule has 0 aliphatic carbocycles. The minimum Gasteiger partial charge on any atom is -0.486 e. The second kappa shape index (κ2) is 8.65. The fraction of sp³-hybridized carbons (Fsp3) is 0.217. The molecule has 1 amide bonds. The van der Waals surface area contributed by atoms with Gasteiger partial charge in [0.25, 0.3) is 0 Å². The van der Waals surface area contributed by atoms with E-state index in [9.17, 15) is 4.79 Å². The first kappa shape index (κ1) is 18.8. The van der Waals surface area contributed by atoms with Crippen molar-refractivity contribution < 1.29 is 14.3 Å². The molecule has 0 saturated carbocycles. The molecular formula is C23H23N3O3. The van der Waals surface area contributed by atoms with Gasteiger partial charge in [0, 0.05) is 31.6 Å². The van der Waals surface area contributed by atoms with Gasteiger partial charge in [-0.3, -0.25) is 4.79 Å². The molecule has 6 heteroatoms. The first-order chi connectivity index (χ1) is 14.2. The summed E-state index contributed by atoms with van der Waals surface area (Å²) in [5.74, 6) is 2.29. The smallest absolute Gasteiger partial charge is 0.244 e. The van der Waals surface area contributed by atoms with Crippen LogP contribution >= 0.6 is 0 Å². The summed E-state index contributed by atoms with van der Waals surface area (Å²) < 4.78 is 13.2. The number of aromatic nitrogens is 2. The van der Waals surface area contributed by atoms with Crippen molar-refractivity contribution in [1.82, 2.24) is 14.9 Å². The molecule has 0 spiro atoms. The van der Waals surface area contributed by atoms with Crippen LogP contribution in [0.1, 0.15) is 22.5 Å². The highest BCUT2D eigenvalue weighted by Gasteiger charge is 2.10. The lowest BCUT2D eigenvalue weighted by molar-refractivity contribution is -0.116. The lowest BCUT2D eigenvalue weighted by atomic mass is 10.1. The highest BCUT2D eigenvalue weighted by Crippen LogP contribution is 2.31. The second-order valence-corrected chi connectivity index (χ2v) is 6.88. The maximum absolute atomic E-state index is 12.2. The number of hydrogen-bond acceptors (Lipinski definition) is 4. The Kier molecular flexibility index (Phi) is 5.61. The van der Waals surface area contributed by atoms with Gasteiger partial charge in [-0.2, -0.15) is 0 Å². The number of imidazole rings is 1. The molecule has 1 aliphatic rings. The zero-order chi connectivity index (χ0) is 20.1. The molecular weight excluding hydrogens is 366 g/mol. The normalized spacial score (nSPS) is 12.9. The van der Waals surface area contributed by atoms with Gasteiger partial charge in [0.1, 0.15) is 19.0 Å². The van der Waals surface area contributed by atoms with Crippen molar-refractivity contribution >= 4 is 12.0 Å². The molecule has 0 atom stereocenters. The number of ether oxygens (including phenoxy) is 2. The molecule has 4 rings (SSSR count). The summed E-state index contributed by atoms with van der Waals surface area (Å²) in [5.41, 5.74) is 3.12. The van der Waals surface area contributed by atoms with E-state index in [2.05, 4.69) is 27.0 Å². The fourth-order valence-electron chi connectivity index (χ4n) is 3.19.